The normalized spacial score (nSPS) is 11.8. The molecule has 0 bridgehead atoms. The van der Waals surface area contributed by atoms with E-state index in [2.05, 4.69) is 4.90 Å². The highest BCUT2D eigenvalue weighted by atomic mass is 32.2. The van der Waals surface area contributed by atoms with E-state index in [9.17, 15) is 8.42 Å². The number of ether oxygens (including phenoxy) is 1. The molecule has 0 amide bonds. The van der Waals surface area contributed by atoms with Gasteiger partial charge in [-0.15, -0.1) is 0 Å². The van der Waals surface area contributed by atoms with Crippen molar-refractivity contribution in [3.8, 4) is 5.75 Å². The van der Waals surface area contributed by atoms with Gasteiger partial charge in [0, 0.05) is 6.54 Å². The van der Waals surface area contributed by atoms with Gasteiger partial charge in [0.2, 0.25) is 0 Å². The van der Waals surface area contributed by atoms with E-state index < -0.39 is 10.1 Å². The van der Waals surface area contributed by atoms with Gasteiger partial charge < -0.3 is 9.64 Å². The molecule has 0 N–H and O–H groups in total. The predicted molar refractivity (Wildman–Crippen MR) is 75.0 cm³/mol. The van der Waals surface area contributed by atoms with Gasteiger partial charge in [-0.1, -0.05) is 12.1 Å². The second-order valence-corrected chi connectivity index (χ2v) is 6.22. The van der Waals surface area contributed by atoms with Crippen molar-refractivity contribution in [1.82, 2.24) is 4.90 Å². The molecule has 0 atom stereocenters. The molecule has 0 aliphatic carbocycles. The van der Waals surface area contributed by atoms with Crippen LogP contribution in [-0.2, 0) is 20.7 Å². The van der Waals surface area contributed by atoms with E-state index in [1.807, 2.05) is 38.4 Å². The first-order chi connectivity index (χ1) is 8.87. The molecule has 6 heteroatoms. The summed E-state index contributed by atoms with van der Waals surface area (Å²) in [5, 5.41) is 0. The highest BCUT2D eigenvalue weighted by Gasteiger charge is 2.02. The average molecular weight is 287 g/mol. The highest BCUT2D eigenvalue weighted by molar-refractivity contribution is 7.85. The van der Waals surface area contributed by atoms with Crippen LogP contribution in [0.2, 0.25) is 0 Å². The standard InChI is InChI=1S/C13H21NO4S/c1-14(2)9-11-17-13-6-4-12(5-7-13)8-10-18-19(3,15)16/h4-7H,8-11H2,1-3H3. The van der Waals surface area contributed by atoms with Gasteiger partial charge in [0.05, 0.1) is 12.9 Å². The van der Waals surface area contributed by atoms with Crippen LogP contribution in [0.3, 0.4) is 0 Å². The number of hydrogen-bond acceptors (Lipinski definition) is 5. The molecule has 108 valence electrons. The quantitative estimate of drug-likeness (QED) is 0.671. The van der Waals surface area contributed by atoms with Crippen LogP contribution in [0.4, 0.5) is 0 Å². The third-order valence-corrected chi connectivity index (χ3v) is 3.01. The fourth-order valence-electron chi connectivity index (χ4n) is 1.41. The minimum Gasteiger partial charge on any atom is -0.492 e. The van der Waals surface area contributed by atoms with Crippen LogP contribution in [0.5, 0.6) is 5.75 Å². The summed E-state index contributed by atoms with van der Waals surface area (Å²) in [6.45, 7) is 1.67. The van der Waals surface area contributed by atoms with Crippen LogP contribution in [0.25, 0.3) is 0 Å². The first-order valence-corrected chi connectivity index (χ1v) is 7.89. The molecule has 0 spiro atoms. The minimum atomic E-state index is -3.35. The first kappa shape index (κ1) is 15.9. The van der Waals surface area contributed by atoms with Gasteiger partial charge in [-0.2, -0.15) is 8.42 Å². The molecule has 0 fully saturated rings. The van der Waals surface area contributed by atoms with Crippen LogP contribution < -0.4 is 4.74 Å². The van der Waals surface area contributed by atoms with Crippen LogP contribution in [0.1, 0.15) is 5.56 Å². The predicted octanol–water partition coefficient (Wildman–Crippen LogP) is 1.15. The van der Waals surface area contributed by atoms with Crippen molar-refractivity contribution in [2.24, 2.45) is 0 Å². The topological polar surface area (TPSA) is 55.8 Å². The molecule has 1 aromatic carbocycles. The molecule has 0 radical (unpaired) electrons. The van der Waals surface area contributed by atoms with Crippen molar-refractivity contribution in [3.05, 3.63) is 29.8 Å². The maximum absolute atomic E-state index is 10.8. The first-order valence-electron chi connectivity index (χ1n) is 6.08. The van der Waals surface area contributed by atoms with Crippen LogP contribution >= 0.6 is 0 Å². The summed E-state index contributed by atoms with van der Waals surface area (Å²) in [7, 11) is 0.637. The second kappa shape index (κ2) is 7.47. The van der Waals surface area contributed by atoms with Gasteiger partial charge in [-0.3, -0.25) is 4.18 Å². The van der Waals surface area contributed by atoms with Crippen molar-refractivity contribution in [2.75, 3.05) is 40.1 Å². The van der Waals surface area contributed by atoms with Crippen molar-refractivity contribution in [2.45, 2.75) is 6.42 Å². The number of rotatable bonds is 8. The molecule has 0 aliphatic rings. The zero-order valence-electron chi connectivity index (χ0n) is 11.6. The van der Waals surface area contributed by atoms with Crippen LogP contribution in [0, 0.1) is 0 Å². The van der Waals surface area contributed by atoms with Gasteiger partial charge in [-0.05, 0) is 38.2 Å². The van der Waals surface area contributed by atoms with Crippen molar-refractivity contribution < 1.29 is 17.3 Å². The monoisotopic (exact) mass is 287 g/mol. The van der Waals surface area contributed by atoms with Crippen molar-refractivity contribution in [3.63, 3.8) is 0 Å². The number of hydrogen-bond donors (Lipinski definition) is 0. The molecule has 0 saturated carbocycles. The third-order valence-electron chi connectivity index (χ3n) is 2.42. The maximum Gasteiger partial charge on any atom is 0.264 e. The number of likely N-dealkylation sites (N-methyl/N-ethyl adjacent to an activating group) is 1. The van der Waals surface area contributed by atoms with Gasteiger partial charge >= 0.3 is 0 Å². The Kier molecular flexibility index (Phi) is 6.27. The zero-order chi connectivity index (χ0) is 14.3. The summed E-state index contributed by atoms with van der Waals surface area (Å²) in [6, 6.07) is 7.59. The summed E-state index contributed by atoms with van der Waals surface area (Å²) in [6.07, 6.45) is 1.61. The van der Waals surface area contributed by atoms with Gasteiger partial charge in [0.25, 0.3) is 10.1 Å². The van der Waals surface area contributed by atoms with Crippen molar-refractivity contribution in [1.29, 1.82) is 0 Å². The average Bonchev–Trinajstić information content (AvgIpc) is 2.29. The molecule has 0 heterocycles. The maximum atomic E-state index is 10.8. The minimum absolute atomic E-state index is 0.166. The number of benzene rings is 1. The molecule has 1 rings (SSSR count). The summed E-state index contributed by atoms with van der Waals surface area (Å²) in [4.78, 5) is 2.05. The molecule has 19 heavy (non-hydrogen) atoms. The lowest BCUT2D eigenvalue weighted by Gasteiger charge is -2.11. The second-order valence-electron chi connectivity index (χ2n) is 4.57. The van der Waals surface area contributed by atoms with Gasteiger partial charge in [-0.25, -0.2) is 0 Å². The molecular formula is C13H21NO4S. The van der Waals surface area contributed by atoms with Crippen LogP contribution in [-0.4, -0.2) is 53.4 Å². The SMILES string of the molecule is CN(C)CCOc1ccc(CCOS(C)(=O)=O)cc1. The van der Waals surface area contributed by atoms with E-state index >= 15 is 0 Å². The summed E-state index contributed by atoms with van der Waals surface area (Å²) < 4.78 is 31.9. The zero-order valence-corrected chi connectivity index (χ0v) is 12.4. The Bertz CT molecular complexity index is 468. The lowest BCUT2D eigenvalue weighted by atomic mass is 10.1. The Morgan fingerprint density at radius 3 is 2.26 bits per heavy atom. The number of nitrogens with zero attached hydrogens (tertiary/aromatic N) is 1. The van der Waals surface area contributed by atoms with E-state index in [-0.39, 0.29) is 6.61 Å². The third kappa shape index (κ3) is 7.81. The summed E-state index contributed by atoms with van der Waals surface area (Å²) in [5.74, 6) is 0.814. The molecule has 0 aliphatic heterocycles. The van der Waals surface area contributed by atoms with Crippen LogP contribution in [0.15, 0.2) is 24.3 Å². The Hall–Kier alpha value is -1.11. The molecule has 5 nitrogen and oxygen atoms in total. The fourth-order valence-corrected chi connectivity index (χ4v) is 1.80. The fraction of sp³-hybridized carbons (Fsp3) is 0.538. The van der Waals surface area contributed by atoms with E-state index in [1.165, 1.54) is 0 Å². The Balaban J connectivity index is 2.35. The van der Waals surface area contributed by atoms with E-state index in [0.29, 0.717) is 13.0 Å². The lowest BCUT2D eigenvalue weighted by Crippen LogP contribution is -2.19. The molecular weight excluding hydrogens is 266 g/mol. The summed E-state index contributed by atoms with van der Waals surface area (Å²) in [5.41, 5.74) is 1.02. The Morgan fingerprint density at radius 1 is 1.11 bits per heavy atom. The lowest BCUT2D eigenvalue weighted by molar-refractivity contribution is 0.261. The van der Waals surface area contributed by atoms with Gasteiger partial charge in [0.1, 0.15) is 12.4 Å². The van der Waals surface area contributed by atoms with E-state index in [4.69, 9.17) is 8.92 Å². The molecule has 0 aromatic heterocycles. The molecule has 1 aromatic rings. The Morgan fingerprint density at radius 2 is 1.74 bits per heavy atom. The van der Waals surface area contributed by atoms with Crippen molar-refractivity contribution >= 4 is 10.1 Å². The van der Waals surface area contributed by atoms with E-state index in [0.717, 1.165) is 24.1 Å². The van der Waals surface area contributed by atoms with Gasteiger partial charge in [0.15, 0.2) is 0 Å². The molecule has 0 unspecified atom stereocenters. The highest BCUT2D eigenvalue weighted by Crippen LogP contribution is 2.12. The summed E-state index contributed by atoms with van der Waals surface area (Å²) >= 11 is 0. The molecule has 0 saturated heterocycles. The smallest absolute Gasteiger partial charge is 0.264 e. The largest absolute Gasteiger partial charge is 0.492 e. The Labute approximate surface area is 115 Å². The van der Waals surface area contributed by atoms with E-state index in [1.54, 1.807) is 0 Å².